The quantitative estimate of drug-likeness (QED) is 0.768. The summed E-state index contributed by atoms with van der Waals surface area (Å²) >= 11 is 12.2. The van der Waals surface area contributed by atoms with E-state index in [1.807, 2.05) is 13.0 Å². The Morgan fingerprint density at radius 3 is 2.58 bits per heavy atom. The zero-order valence-corrected chi connectivity index (χ0v) is 15.8. The van der Waals surface area contributed by atoms with E-state index in [0.29, 0.717) is 23.0 Å². The summed E-state index contributed by atoms with van der Waals surface area (Å²) in [6, 6.07) is 3.05. The number of nitrogens with zero attached hydrogens (tertiary/aromatic N) is 1. The largest absolute Gasteiger partial charge is 0.332 e. The van der Waals surface area contributed by atoms with Gasteiger partial charge in [-0.2, -0.15) is 0 Å². The van der Waals surface area contributed by atoms with E-state index in [2.05, 4.69) is 10.6 Å². The second-order valence-electron chi connectivity index (χ2n) is 7.32. The van der Waals surface area contributed by atoms with Crippen molar-refractivity contribution in [1.29, 1.82) is 0 Å². The number of benzene rings is 1. The van der Waals surface area contributed by atoms with E-state index in [1.165, 1.54) is 0 Å². The van der Waals surface area contributed by atoms with Crippen LogP contribution in [-0.2, 0) is 16.1 Å². The van der Waals surface area contributed by atoms with Crippen LogP contribution in [0.15, 0.2) is 12.1 Å². The highest BCUT2D eigenvalue weighted by molar-refractivity contribution is 6.42. The van der Waals surface area contributed by atoms with Crippen molar-refractivity contribution in [3.05, 3.63) is 33.3 Å². The number of amides is 4. The topological polar surface area (TPSA) is 78.5 Å². The van der Waals surface area contributed by atoms with Crippen LogP contribution in [0.25, 0.3) is 0 Å². The molecule has 3 aliphatic rings. The third-order valence-electron chi connectivity index (χ3n) is 5.74. The first kappa shape index (κ1) is 17.6. The number of hydrogen-bond donors (Lipinski definition) is 2. The van der Waals surface area contributed by atoms with Crippen molar-refractivity contribution in [3.8, 4) is 0 Å². The summed E-state index contributed by atoms with van der Waals surface area (Å²) in [6.45, 7) is 2.43. The zero-order chi connectivity index (χ0) is 18.6. The van der Waals surface area contributed by atoms with Crippen molar-refractivity contribution >= 4 is 41.0 Å². The molecule has 2 heterocycles. The summed E-state index contributed by atoms with van der Waals surface area (Å²) < 4.78 is 0. The smallest absolute Gasteiger partial charge is 0.322 e. The molecule has 26 heavy (non-hydrogen) atoms. The SMILES string of the molecule is C[C@@H]1c2cc(Cl)c(Cl)cc2CN1C(=O)CCC1(C2CC2)NC(=O)NC1=O. The highest BCUT2D eigenvalue weighted by Gasteiger charge is 2.55. The number of nitrogens with one attached hydrogen (secondary N) is 2. The predicted molar refractivity (Wildman–Crippen MR) is 96.8 cm³/mol. The van der Waals surface area contributed by atoms with Crippen molar-refractivity contribution in [2.24, 2.45) is 5.92 Å². The second kappa shape index (κ2) is 6.13. The molecule has 0 aromatic heterocycles. The molecule has 4 amide bonds. The number of fused-ring (bicyclic) bond motifs is 1. The molecular weight excluding hydrogens is 377 g/mol. The van der Waals surface area contributed by atoms with Crippen LogP contribution in [-0.4, -0.2) is 28.3 Å². The summed E-state index contributed by atoms with van der Waals surface area (Å²) in [5, 5.41) is 6.03. The maximum Gasteiger partial charge on any atom is 0.322 e. The van der Waals surface area contributed by atoms with E-state index < -0.39 is 11.6 Å². The van der Waals surface area contributed by atoms with Crippen LogP contribution in [0.1, 0.15) is 49.8 Å². The van der Waals surface area contributed by atoms with Gasteiger partial charge in [0.05, 0.1) is 16.1 Å². The second-order valence-corrected chi connectivity index (χ2v) is 8.13. The lowest BCUT2D eigenvalue weighted by atomic mass is 9.87. The Labute approximate surface area is 161 Å². The minimum atomic E-state index is -0.935. The lowest BCUT2D eigenvalue weighted by molar-refractivity contribution is -0.134. The van der Waals surface area contributed by atoms with Crippen molar-refractivity contribution in [2.45, 2.75) is 50.7 Å². The number of hydrogen-bond acceptors (Lipinski definition) is 3. The maximum atomic E-state index is 12.8. The Morgan fingerprint density at radius 2 is 1.96 bits per heavy atom. The van der Waals surface area contributed by atoms with Gasteiger partial charge in [0.1, 0.15) is 5.54 Å². The molecule has 2 atom stereocenters. The van der Waals surface area contributed by atoms with Crippen LogP contribution in [0.3, 0.4) is 0 Å². The highest BCUT2D eigenvalue weighted by Crippen LogP contribution is 2.44. The molecule has 1 aromatic rings. The van der Waals surface area contributed by atoms with Crippen LogP contribution in [0, 0.1) is 5.92 Å². The summed E-state index contributed by atoms with van der Waals surface area (Å²) in [5.74, 6) is -0.239. The van der Waals surface area contributed by atoms with Gasteiger partial charge in [-0.15, -0.1) is 0 Å². The normalized spacial score (nSPS) is 27.3. The van der Waals surface area contributed by atoms with Crippen LogP contribution < -0.4 is 10.6 Å². The Balaban J connectivity index is 1.47. The fourth-order valence-corrected chi connectivity index (χ4v) is 4.48. The maximum absolute atomic E-state index is 12.8. The molecule has 2 N–H and O–H groups in total. The molecule has 2 aliphatic heterocycles. The van der Waals surface area contributed by atoms with Crippen molar-refractivity contribution in [2.75, 3.05) is 0 Å². The molecule has 1 aromatic carbocycles. The first-order chi connectivity index (χ1) is 12.3. The van der Waals surface area contributed by atoms with Crippen LogP contribution in [0.2, 0.25) is 10.0 Å². The van der Waals surface area contributed by atoms with Crippen LogP contribution in [0.4, 0.5) is 4.79 Å². The molecule has 0 bridgehead atoms. The van der Waals surface area contributed by atoms with Crippen molar-refractivity contribution < 1.29 is 14.4 Å². The van der Waals surface area contributed by atoms with Crippen LogP contribution in [0.5, 0.6) is 0 Å². The first-order valence-corrected chi connectivity index (χ1v) is 9.48. The molecule has 8 heteroatoms. The summed E-state index contributed by atoms with van der Waals surface area (Å²) in [4.78, 5) is 38.5. The van der Waals surface area contributed by atoms with E-state index in [-0.39, 0.29) is 30.2 Å². The molecule has 4 rings (SSSR count). The Morgan fingerprint density at radius 1 is 1.27 bits per heavy atom. The molecule has 1 unspecified atom stereocenters. The molecule has 1 aliphatic carbocycles. The molecule has 2 fully saturated rings. The van der Waals surface area contributed by atoms with Gasteiger partial charge >= 0.3 is 6.03 Å². The third kappa shape index (κ3) is 2.76. The molecule has 1 saturated heterocycles. The van der Waals surface area contributed by atoms with E-state index >= 15 is 0 Å². The van der Waals surface area contributed by atoms with E-state index in [9.17, 15) is 14.4 Å². The fourth-order valence-electron chi connectivity index (χ4n) is 4.12. The van der Waals surface area contributed by atoms with Gasteiger partial charge in [-0.3, -0.25) is 14.9 Å². The standard InChI is InChI=1S/C18H19Cl2N3O3/c1-9-12-7-14(20)13(19)6-10(12)8-23(9)15(24)4-5-18(11-2-3-11)16(25)21-17(26)22-18/h6-7,9,11H,2-5,8H2,1H3,(H2,21,22,25,26)/t9-,18?/m1/s1. The number of carbonyl (C=O) groups excluding carboxylic acids is 3. The third-order valence-corrected chi connectivity index (χ3v) is 6.46. The van der Waals surface area contributed by atoms with Gasteiger partial charge in [0.25, 0.3) is 5.91 Å². The molecule has 0 spiro atoms. The van der Waals surface area contributed by atoms with Crippen LogP contribution >= 0.6 is 23.2 Å². The molecular formula is C18H19Cl2N3O3. The lowest BCUT2D eigenvalue weighted by Gasteiger charge is -2.28. The van der Waals surface area contributed by atoms with E-state index in [0.717, 1.165) is 24.0 Å². The lowest BCUT2D eigenvalue weighted by Crippen LogP contribution is -2.49. The number of carbonyl (C=O) groups is 3. The number of halogens is 2. The Bertz CT molecular complexity index is 824. The first-order valence-electron chi connectivity index (χ1n) is 8.72. The number of imide groups is 1. The van der Waals surface area contributed by atoms with Crippen molar-refractivity contribution in [1.82, 2.24) is 15.5 Å². The minimum absolute atomic E-state index is 0.0464. The molecule has 1 saturated carbocycles. The highest BCUT2D eigenvalue weighted by atomic mass is 35.5. The van der Waals surface area contributed by atoms with E-state index in [4.69, 9.17) is 23.2 Å². The molecule has 138 valence electrons. The minimum Gasteiger partial charge on any atom is -0.332 e. The van der Waals surface area contributed by atoms with Gasteiger partial charge in [-0.05, 0) is 55.4 Å². The van der Waals surface area contributed by atoms with Gasteiger partial charge in [0.15, 0.2) is 0 Å². The Hall–Kier alpha value is -1.79. The van der Waals surface area contributed by atoms with Gasteiger partial charge in [0, 0.05) is 13.0 Å². The number of rotatable bonds is 4. The fraction of sp³-hybridized carbons (Fsp3) is 0.500. The monoisotopic (exact) mass is 395 g/mol. The van der Waals surface area contributed by atoms with Crippen molar-refractivity contribution in [3.63, 3.8) is 0 Å². The summed E-state index contributed by atoms with van der Waals surface area (Å²) in [6.07, 6.45) is 2.30. The Kier molecular flexibility index (Phi) is 4.15. The van der Waals surface area contributed by atoms with E-state index in [1.54, 1.807) is 11.0 Å². The van der Waals surface area contributed by atoms with Gasteiger partial charge in [0.2, 0.25) is 5.91 Å². The predicted octanol–water partition coefficient (Wildman–Crippen LogP) is 3.17. The summed E-state index contributed by atoms with van der Waals surface area (Å²) in [7, 11) is 0. The molecule has 6 nitrogen and oxygen atoms in total. The average Bonchev–Trinajstić information content (AvgIpc) is 3.33. The number of urea groups is 1. The zero-order valence-electron chi connectivity index (χ0n) is 14.3. The molecule has 0 radical (unpaired) electrons. The summed E-state index contributed by atoms with van der Waals surface area (Å²) in [5.41, 5.74) is 1.05. The van der Waals surface area contributed by atoms with Gasteiger partial charge in [-0.1, -0.05) is 23.2 Å². The average molecular weight is 396 g/mol. The van der Waals surface area contributed by atoms with Gasteiger partial charge < -0.3 is 10.2 Å². The van der Waals surface area contributed by atoms with Gasteiger partial charge in [-0.25, -0.2) is 4.79 Å².